The van der Waals surface area contributed by atoms with Crippen LogP contribution in [0, 0.1) is 0 Å². The average Bonchev–Trinajstić information content (AvgIpc) is 1.11. The molecule has 3 aromatic rings. The standard InChI is InChI=1S/C62H88N6O18Si/c1-11-15-34-74-47-43(38-78-55(69)40-28-22-19-23-29-40)80-59(45(65-67-63)49(47)75-35-16-12-2)84-52-51(76-36-17-13-3)54(77-37-18-14-4)61(85-53(52)58(72)73-8)83-48-44(39-79-56(70)41-30-24-20-25-31-41)81-60(86-87(9,10)62(5,6)7)46(66-68-64)50(48)82-57(71)42-32-26-21-27-33-42/h19-33,43-54,59-61H,11-18,34-39H2,1-10H3/t43?,44?,45?,46-,47+,48+,49+,50?,51?,52-,53?,54-,59+,60-,61+/m0/s1. The van der Waals surface area contributed by atoms with Gasteiger partial charge < -0.3 is 66.0 Å². The van der Waals surface area contributed by atoms with Crippen molar-refractivity contribution in [3.05, 3.63) is 129 Å². The molecule has 6 rings (SSSR count). The number of hydrogen-bond acceptors (Lipinski definition) is 20. The molecule has 0 aromatic heterocycles. The van der Waals surface area contributed by atoms with Gasteiger partial charge in [0.05, 0.1) is 29.9 Å². The first-order chi connectivity index (χ1) is 41.9. The lowest BCUT2D eigenvalue weighted by Gasteiger charge is -2.51. The highest BCUT2D eigenvalue weighted by atomic mass is 28.4. The van der Waals surface area contributed by atoms with Crippen LogP contribution >= 0.6 is 0 Å². The van der Waals surface area contributed by atoms with Gasteiger partial charge in [-0.25, -0.2) is 19.2 Å². The predicted molar refractivity (Wildman–Crippen MR) is 320 cm³/mol. The van der Waals surface area contributed by atoms with Crippen LogP contribution in [0.25, 0.3) is 20.9 Å². The molecule has 87 heavy (non-hydrogen) atoms. The van der Waals surface area contributed by atoms with Gasteiger partial charge in [0.25, 0.3) is 0 Å². The molecule has 478 valence electrons. The summed E-state index contributed by atoms with van der Waals surface area (Å²) in [6.07, 6.45) is -13.1. The Morgan fingerprint density at radius 2 is 0.931 bits per heavy atom. The molecule has 0 bridgehead atoms. The van der Waals surface area contributed by atoms with Crippen molar-refractivity contribution in [2.75, 3.05) is 46.8 Å². The highest BCUT2D eigenvalue weighted by Crippen LogP contribution is 2.42. The second kappa shape index (κ2) is 35.2. The number of esters is 4. The van der Waals surface area contributed by atoms with E-state index in [1.54, 1.807) is 91.0 Å². The molecule has 0 amide bonds. The van der Waals surface area contributed by atoms with E-state index in [9.17, 15) is 30.2 Å². The third-order valence-electron chi connectivity index (χ3n) is 15.6. The van der Waals surface area contributed by atoms with Crippen molar-refractivity contribution in [3.63, 3.8) is 0 Å². The zero-order chi connectivity index (χ0) is 62.9. The summed E-state index contributed by atoms with van der Waals surface area (Å²) in [5.41, 5.74) is 21.3. The van der Waals surface area contributed by atoms with Crippen LogP contribution in [-0.4, -0.2) is 171 Å². The first-order valence-corrected chi connectivity index (χ1v) is 33.1. The molecule has 3 aromatic carbocycles. The van der Waals surface area contributed by atoms with E-state index in [2.05, 4.69) is 20.1 Å². The molecule has 0 N–H and O–H groups in total. The zero-order valence-corrected chi connectivity index (χ0v) is 52.8. The molecule has 25 heteroatoms. The van der Waals surface area contributed by atoms with Gasteiger partial charge in [0.2, 0.25) is 0 Å². The summed E-state index contributed by atoms with van der Waals surface area (Å²) >= 11 is 0. The topological polar surface area (TPSA) is 295 Å². The monoisotopic (exact) mass is 1230 g/mol. The van der Waals surface area contributed by atoms with Gasteiger partial charge in [-0.1, -0.05) is 139 Å². The smallest absolute Gasteiger partial charge is 0.338 e. The van der Waals surface area contributed by atoms with Crippen molar-refractivity contribution in [2.24, 2.45) is 10.2 Å². The number of nitrogens with zero attached hydrogens (tertiary/aromatic N) is 6. The van der Waals surface area contributed by atoms with Gasteiger partial charge in [-0.3, -0.25) is 0 Å². The molecule has 3 aliphatic heterocycles. The summed E-state index contributed by atoms with van der Waals surface area (Å²) in [6, 6.07) is 22.0. The minimum Gasteiger partial charge on any atom is -0.467 e. The van der Waals surface area contributed by atoms with E-state index >= 15 is 0 Å². The van der Waals surface area contributed by atoms with Gasteiger partial charge in [-0.2, -0.15) is 0 Å². The van der Waals surface area contributed by atoms with Crippen molar-refractivity contribution in [3.8, 4) is 0 Å². The lowest BCUT2D eigenvalue weighted by molar-refractivity contribution is -0.368. The van der Waals surface area contributed by atoms with Crippen molar-refractivity contribution < 1.29 is 85.2 Å². The van der Waals surface area contributed by atoms with Gasteiger partial charge in [-0.15, -0.1) is 0 Å². The van der Waals surface area contributed by atoms with E-state index < -0.39 is 136 Å². The fraction of sp³-hybridized carbons (Fsp3) is 0.645. The molecule has 3 aliphatic rings. The molecule has 3 heterocycles. The molecule has 0 saturated carbocycles. The molecule has 0 radical (unpaired) electrons. The molecule has 3 fully saturated rings. The Balaban J connectivity index is 1.50. The van der Waals surface area contributed by atoms with Gasteiger partial charge >= 0.3 is 23.9 Å². The maximum atomic E-state index is 14.6. The molecule has 15 atom stereocenters. The van der Waals surface area contributed by atoms with Crippen LogP contribution in [0.5, 0.6) is 0 Å². The number of carbonyl (C=O) groups is 4. The van der Waals surface area contributed by atoms with Crippen molar-refractivity contribution in [2.45, 2.75) is 210 Å². The second-order valence-electron chi connectivity index (χ2n) is 22.9. The summed E-state index contributed by atoms with van der Waals surface area (Å²) in [6.45, 7) is 17.6. The molecule has 0 aliphatic carbocycles. The highest BCUT2D eigenvalue weighted by Gasteiger charge is 2.59. The molecular formula is C62H88N6O18Si. The minimum atomic E-state index is -2.86. The molecule has 3 saturated heterocycles. The van der Waals surface area contributed by atoms with E-state index in [1.165, 1.54) is 0 Å². The SMILES string of the molecule is CCCCOC1[C@H](O[C@H]2OC(COC(=O)c3ccccc3)[C@@H](OCCCC)[C@H](OCCCC)C2N=[N+]=[N-])C(C(=O)OC)O[C@@H](O[C@@H]2C(COC(=O)c3ccccc3)O[C@@H](O[Si](C)(C)C(C)(C)C)[C@@H](N=[N+]=[N-])C2OC(=O)c2ccccc2)[C@H]1OCCCC. The summed E-state index contributed by atoms with van der Waals surface area (Å²) in [4.78, 5) is 62.9. The van der Waals surface area contributed by atoms with Crippen LogP contribution < -0.4 is 0 Å². The normalized spacial score (nSPS) is 27.4. The summed E-state index contributed by atoms with van der Waals surface area (Å²) < 4.78 is 91.7. The summed E-state index contributed by atoms with van der Waals surface area (Å²) in [5.74, 6) is -3.18. The number of rotatable bonds is 33. The molecule has 6 unspecified atom stereocenters. The van der Waals surface area contributed by atoms with E-state index in [1.807, 2.05) is 61.6 Å². The Kier molecular flexibility index (Phi) is 28.4. The lowest BCUT2D eigenvalue weighted by Crippen LogP contribution is -2.68. The van der Waals surface area contributed by atoms with Crippen LogP contribution in [0.15, 0.2) is 101 Å². The van der Waals surface area contributed by atoms with Crippen LogP contribution in [0.2, 0.25) is 18.1 Å². The van der Waals surface area contributed by atoms with E-state index in [-0.39, 0.29) is 49.7 Å². The molecule has 24 nitrogen and oxygen atoms in total. The first kappa shape index (κ1) is 70.1. The van der Waals surface area contributed by atoms with Crippen molar-refractivity contribution in [1.82, 2.24) is 0 Å². The summed E-state index contributed by atoms with van der Waals surface area (Å²) in [7, 11) is -1.70. The van der Waals surface area contributed by atoms with Crippen molar-refractivity contribution >= 4 is 32.2 Å². The summed E-state index contributed by atoms with van der Waals surface area (Å²) in [5, 5.41) is 7.98. The maximum absolute atomic E-state index is 14.6. The first-order valence-electron chi connectivity index (χ1n) is 30.2. The fourth-order valence-electron chi connectivity index (χ4n) is 9.69. The number of hydrogen-bond donors (Lipinski definition) is 0. The van der Waals surface area contributed by atoms with Crippen LogP contribution in [0.3, 0.4) is 0 Å². The quantitative estimate of drug-likeness (QED) is 0.0104. The Labute approximate surface area is 511 Å². The van der Waals surface area contributed by atoms with Crippen LogP contribution in [0.4, 0.5) is 0 Å². The number of azide groups is 2. The highest BCUT2D eigenvalue weighted by molar-refractivity contribution is 6.74. The number of carbonyl (C=O) groups excluding carboxylic acids is 4. The van der Waals surface area contributed by atoms with Gasteiger partial charge in [0, 0.05) is 36.3 Å². The zero-order valence-electron chi connectivity index (χ0n) is 51.8. The van der Waals surface area contributed by atoms with Gasteiger partial charge in [-0.05, 0) is 91.3 Å². The largest absolute Gasteiger partial charge is 0.467 e. The average molecular weight is 1230 g/mol. The molecular weight excluding hydrogens is 1140 g/mol. The van der Waals surface area contributed by atoms with Gasteiger partial charge in [0.1, 0.15) is 74.1 Å². The van der Waals surface area contributed by atoms with E-state index in [4.69, 9.17) is 66.0 Å². The minimum absolute atomic E-state index is 0.0854. The van der Waals surface area contributed by atoms with Crippen molar-refractivity contribution in [1.29, 1.82) is 0 Å². The Morgan fingerprint density at radius 1 is 0.517 bits per heavy atom. The third kappa shape index (κ3) is 19.5. The number of unbranched alkanes of at least 4 members (excludes halogenated alkanes) is 4. The predicted octanol–water partition coefficient (Wildman–Crippen LogP) is 11.2. The Morgan fingerprint density at radius 3 is 1.39 bits per heavy atom. The van der Waals surface area contributed by atoms with E-state index in [0.717, 1.165) is 20.0 Å². The van der Waals surface area contributed by atoms with E-state index in [0.29, 0.717) is 38.5 Å². The third-order valence-corrected chi connectivity index (χ3v) is 20.0. The van der Waals surface area contributed by atoms with Gasteiger partial charge in [0.15, 0.2) is 33.3 Å². The maximum Gasteiger partial charge on any atom is 0.338 e. The fourth-order valence-corrected chi connectivity index (χ4v) is 10.8. The van der Waals surface area contributed by atoms with Crippen LogP contribution in [0.1, 0.15) is 131 Å². The molecule has 0 spiro atoms. The number of benzene rings is 3. The van der Waals surface area contributed by atoms with Crippen LogP contribution in [-0.2, 0) is 70.8 Å². The Bertz CT molecular complexity index is 2680. The number of ether oxygens (including phenoxy) is 13. The lowest BCUT2D eigenvalue weighted by atomic mass is 9.94. The second-order valence-corrected chi connectivity index (χ2v) is 27.7. The number of methoxy groups -OCH3 is 1. The Hall–Kier alpha value is -6.02.